The van der Waals surface area contributed by atoms with Crippen molar-refractivity contribution in [1.29, 1.82) is 5.26 Å². The Morgan fingerprint density at radius 1 is 1.45 bits per heavy atom. The summed E-state index contributed by atoms with van der Waals surface area (Å²) >= 11 is 0. The second kappa shape index (κ2) is 5.70. The Kier molecular flexibility index (Phi) is 3.99. The smallest absolute Gasteiger partial charge is 0.308 e. The fourth-order valence-corrected chi connectivity index (χ4v) is 2.48. The van der Waals surface area contributed by atoms with E-state index < -0.39 is 17.8 Å². The highest BCUT2D eigenvalue weighted by molar-refractivity contribution is 5.93. The van der Waals surface area contributed by atoms with Crippen LogP contribution < -0.4 is 5.32 Å². The number of carbonyl (C=O) groups is 2. The standard InChI is InChI=1S/C14H15N3O3/c1-8-9(7-15)5-6-12(16-8)13(18)17-11-4-2-3-10(11)14(19)20/h5-6,10-11H,2-4H2,1H3,(H,17,18)(H,19,20). The van der Waals surface area contributed by atoms with E-state index in [2.05, 4.69) is 10.3 Å². The van der Waals surface area contributed by atoms with Crippen molar-refractivity contribution < 1.29 is 14.7 Å². The van der Waals surface area contributed by atoms with Crippen molar-refractivity contribution in [1.82, 2.24) is 10.3 Å². The van der Waals surface area contributed by atoms with E-state index in [0.717, 1.165) is 6.42 Å². The van der Waals surface area contributed by atoms with Gasteiger partial charge in [0.2, 0.25) is 0 Å². The van der Waals surface area contributed by atoms with Crippen LogP contribution in [0.3, 0.4) is 0 Å². The molecule has 1 aliphatic carbocycles. The van der Waals surface area contributed by atoms with Crippen LogP contribution in [-0.4, -0.2) is 28.0 Å². The first-order valence-electron chi connectivity index (χ1n) is 6.44. The van der Waals surface area contributed by atoms with E-state index >= 15 is 0 Å². The van der Waals surface area contributed by atoms with Gasteiger partial charge < -0.3 is 10.4 Å². The van der Waals surface area contributed by atoms with Crippen LogP contribution in [0.25, 0.3) is 0 Å². The van der Waals surface area contributed by atoms with Gasteiger partial charge in [0.15, 0.2) is 0 Å². The van der Waals surface area contributed by atoms with Gasteiger partial charge in [0.05, 0.1) is 17.2 Å². The molecule has 2 N–H and O–H groups in total. The SMILES string of the molecule is Cc1nc(C(=O)NC2CCCC2C(=O)O)ccc1C#N. The first-order valence-corrected chi connectivity index (χ1v) is 6.44. The van der Waals surface area contributed by atoms with Crippen LogP contribution in [0.4, 0.5) is 0 Å². The highest BCUT2D eigenvalue weighted by Crippen LogP contribution is 2.26. The third-order valence-corrected chi connectivity index (χ3v) is 3.59. The first kappa shape index (κ1) is 14.0. The molecule has 0 aromatic carbocycles. The largest absolute Gasteiger partial charge is 0.481 e. The van der Waals surface area contributed by atoms with Gasteiger partial charge in [0.25, 0.3) is 5.91 Å². The van der Waals surface area contributed by atoms with Gasteiger partial charge in [0.1, 0.15) is 11.8 Å². The summed E-state index contributed by atoms with van der Waals surface area (Å²) in [4.78, 5) is 27.2. The predicted octanol–water partition coefficient (Wildman–Crippen LogP) is 1.24. The van der Waals surface area contributed by atoms with Crippen molar-refractivity contribution in [3.63, 3.8) is 0 Å². The van der Waals surface area contributed by atoms with Gasteiger partial charge in [-0.25, -0.2) is 4.98 Å². The molecule has 1 aromatic heterocycles. The number of amides is 1. The number of hydrogen-bond donors (Lipinski definition) is 2. The molecule has 1 amide bonds. The zero-order valence-electron chi connectivity index (χ0n) is 11.1. The van der Waals surface area contributed by atoms with Crippen LogP contribution in [-0.2, 0) is 4.79 Å². The Morgan fingerprint density at radius 2 is 2.20 bits per heavy atom. The second-order valence-corrected chi connectivity index (χ2v) is 4.90. The lowest BCUT2D eigenvalue weighted by Crippen LogP contribution is -2.40. The molecule has 0 aliphatic heterocycles. The third kappa shape index (κ3) is 2.77. The summed E-state index contributed by atoms with van der Waals surface area (Å²) in [6.07, 6.45) is 2.04. The fraction of sp³-hybridized carbons (Fsp3) is 0.429. The Balaban J connectivity index is 2.11. The average molecular weight is 273 g/mol. The lowest BCUT2D eigenvalue weighted by atomic mass is 10.0. The van der Waals surface area contributed by atoms with Gasteiger partial charge in [-0.2, -0.15) is 5.26 Å². The lowest BCUT2D eigenvalue weighted by molar-refractivity contribution is -0.142. The second-order valence-electron chi connectivity index (χ2n) is 4.90. The Bertz CT molecular complexity index is 592. The fourth-order valence-electron chi connectivity index (χ4n) is 2.48. The Morgan fingerprint density at radius 3 is 2.80 bits per heavy atom. The van der Waals surface area contributed by atoms with Crippen LogP contribution in [0, 0.1) is 24.2 Å². The Labute approximate surface area is 116 Å². The number of carboxylic acid groups (broad SMARTS) is 1. The zero-order valence-corrected chi connectivity index (χ0v) is 11.1. The summed E-state index contributed by atoms with van der Waals surface area (Å²) in [6.45, 7) is 1.66. The summed E-state index contributed by atoms with van der Waals surface area (Å²) < 4.78 is 0. The lowest BCUT2D eigenvalue weighted by Gasteiger charge is -2.17. The molecule has 0 saturated heterocycles. The molecule has 1 fully saturated rings. The van der Waals surface area contributed by atoms with Crippen LogP contribution in [0.1, 0.15) is 41.0 Å². The molecule has 1 aliphatic rings. The maximum atomic E-state index is 12.1. The molecule has 0 radical (unpaired) electrons. The van der Waals surface area contributed by atoms with Gasteiger partial charge in [0, 0.05) is 6.04 Å². The van der Waals surface area contributed by atoms with Gasteiger partial charge >= 0.3 is 5.97 Å². The predicted molar refractivity (Wildman–Crippen MR) is 69.9 cm³/mol. The van der Waals surface area contributed by atoms with E-state index in [1.165, 1.54) is 6.07 Å². The zero-order chi connectivity index (χ0) is 14.7. The number of rotatable bonds is 3. The van der Waals surface area contributed by atoms with Gasteiger partial charge in [-0.1, -0.05) is 6.42 Å². The molecule has 2 unspecified atom stereocenters. The molecule has 1 heterocycles. The highest BCUT2D eigenvalue weighted by Gasteiger charge is 2.34. The number of nitrogens with zero attached hydrogens (tertiary/aromatic N) is 2. The van der Waals surface area contributed by atoms with Gasteiger partial charge in [-0.3, -0.25) is 9.59 Å². The summed E-state index contributed by atoms with van der Waals surface area (Å²) in [5.74, 6) is -1.80. The molecule has 2 atom stereocenters. The molecular weight excluding hydrogens is 258 g/mol. The maximum Gasteiger partial charge on any atom is 0.308 e. The molecule has 20 heavy (non-hydrogen) atoms. The molecular formula is C14H15N3O3. The summed E-state index contributed by atoms with van der Waals surface area (Å²) in [7, 11) is 0. The van der Waals surface area contributed by atoms with Crippen LogP contribution in [0.5, 0.6) is 0 Å². The van der Waals surface area contributed by atoms with E-state index in [1.807, 2.05) is 6.07 Å². The molecule has 2 rings (SSSR count). The number of nitrogens with one attached hydrogen (secondary N) is 1. The van der Waals surface area contributed by atoms with Gasteiger partial charge in [-0.05, 0) is 31.9 Å². The normalized spacial score (nSPS) is 21.2. The molecule has 6 heteroatoms. The van der Waals surface area contributed by atoms with Crippen LogP contribution in [0.15, 0.2) is 12.1 Å². The highest BCUT2D eigenvalue weighted by atomic mass is 16.4. The molecule has 1 aromatic rings. The van der Waals surface area contributed by atoms with Crippen molar-refractivity contribution in [3.8, 4) is 6.07 Å². The molecule has 0 bridgehead atoms. The summed E-state index contributed by atoms with van der Waals surface area (Å²) in [5, 5.41) is 20.6. The van der Waals surface area contributed by atoms with Crippen molar-refractivity contribution in [2.45, 2.75) is 32.2 Å². The first-order chi connectivity index (χ1) is 9.52. The van der Waals surface area contributed by atoms with E-state index in [9.17, 15) is 9.59 Å². The monoisotopic (exact) mass is 273 g/mol. The topological polar surface area (TPSA) is 103 Å². The number of aryl methyl sites for hydroxylation is 1. The number of carboxylic acids is 1. The number of hydrogen-bond acceptors (Lipinski definition) is 4. The number of carbonyl (C=O) groups excluding carboxylic acids is 1. The van der Waals surface area contributed by atoms with Crippen LogP contribution in [0.2, 0.25) is 0 Å². The van der Waals surface area contributed by atoms with Gasteiger partial charge in [-0.15, -0.1) is 0 Å². The number of aromatic nitrogens is 1. The minimum Gasteiger partial charge on any atom is -0.481 e. The number of nitriles is 1. The van der Waals surface area contributed by atoms with E-state index in [-0.39, 0.29) is 11.7 Å². The van der Waals surface area contributed by atoms with Crippen molar-refractivity contribution in [2.75, 3.05) is 0 Å². The minimum absolute atomic E-state index is 0.206. The molecule has 104 valence electrons. The quantitative estimate of drug-likeness (QED) is 0.862. The summed E-state index contributed by atoms with van der Waals surface area (Å²) in [5.41, 5.74) is 1.12. The van der Waals surface area contributed by atoms with E-state index in [0.29, 0.717) is 24.1 Å². The maximum absolute atomic E-state index is 12.1. The van der Waals surface area contributed by atoms with Crippen molar-refractivity contribution in [3.05, 3.63) is 29.1 Å². The van der Waals surface area contributed by atoms with Crippen molar-refractivity contribution in [2.24, 2.45) is 5.92 Å². The molecule has 1 saturated carbocycles. The molecule has 6 nitrogen and oxygen atoms in total. The average Bonchev–Trinajstić information content (AvgIpc) is 2.86. The Hall–Kier alpha value is -2.42. The van der Waals surface area contributed by atoms with Crippen LogP contribution >= 0.6 is 0 Å². The third-order valence-electron chi connectivity index (χ3n) is 3.59. The molecule has 0 spiro atoms. The number of aliphatic carboxylic acids is 1. The minimum atomic E-state index is -0.878. The van der Waals surface area contributed by atoms with E-state index in [1.54, 1.807) is 13.0 Å². The van der Waals surface area contributed by atoms with Crippen molar-refractivity contribution >= 4 is 11.9 Å². The van der Waals surface area contributed by atoms with E-state index in [4.69, 9.17) is 10.4 Å². The summed E-state index contributed by atoms with van der Waals surface area (Å²) in [6, 6.07) is 4.66. The number of pyridine rings is 1.